The summed E-state index contributed by atoms with van der Waals surface area (Å²) in [5, 5.41) is 8.77. The Morgan fingerprint density at radius 2 is 2.36 bits per heavy atom. The Hall–Kier alpha value is -0.490. The number of thioether (sulfide) groups is 1. The lowest BCUT2D eigenvalue weighted by molar-refractivity contribution is -0.129. The van der Waals surface area contributed by atoms with E-state index in [1.54, 1.807) is 11.8 Å². The van der Waals surface area contributed by atoms with Crippen molar-refractivity contribution in [3.8, 4) is 6.07 Å². The topological polar surface area (TPSA) is 40.9 Å². The molecular weight excluding hydrogens is 158 g/mol. The molecule has 0 atom stereocenters. The van der Waals surface area contributed by atoms with Gasteiger partial charge in [0, 0.05) is 12.8 Å². The predicted molar refractivity (Wildman–Crippen MR) is 45.3 cm³/mol. The van der Waals surface area contributed by atoms with Crippen molar-refractivity contribution in [1.82, 2.24) is 0 Å². The third-order valence-electron chi connectivity index (χ3n) is 2.09. The van der Waals surface area contributed by atoms with E-state index in [4.69, 9.17) is 5.26 Å². The molecule has 0 aromatic carbocycles. The molecule has 0 aromatic rings. The summed E-state index contributed by atoms with van der Waals surface area (Å²) in [7, 11) is 0. The van der Waals surface area contributed by atoms with Gasteiger partial charge in [0.2, 0.25) is 0 Å². The molecule has 2 nitrogen and oxygen atoms in total. The zero-order chi connectivity index (χ0) is 8.32. The van der Waals surface area contributed by atoms with E-state index in [0.717, 1.165) is 12.2 Å². The van der Waals surface area contributed by atoms with E-state index in [1.165, 1.54) is 0 Å². The van der Waals surface area contributed by atoms with Gasteiger partial charge in [0.05, 0.1) is 11.5 Å². The highest BCUT2D eigenvalue weighted by atomic mass is 32.2. The van der Waals surface area contributed by atoms with Crippen LogP contribution in [0.15, 0.2) is 0 Å². The lowest BCUT2D eigenvalue weighted by Crippen LogP contribution is -2.36. The first-order valence-electron chi connectivity index (χ1n) is 3.64. The SMILES string of the molecule is CSCCC1(C#N)CC(=O)C1. The van der Waals surface area contributed by atoms with Gasteiger partial charge in [-0.05, 0) is 18.4 Å². The van der Waals surface area contributed by atoms with Crippen LogP contribution in [-0.2, 0) is 4.79 Å². The van der Waals surface area contributed by atoms with E-state index >= 15 is 0 Å². The van der Waals surface area contributed by atoms with Crippen LogP contribution >= 0.6 is 11.8 Å². The minimum Gasteiger partial charge on any atom is -0.300 e. The van der Waals surface area contributed by atoms with Crippen molar-refractivity contribution in [2.75, 3.05) is 12.0 Å². The molecule has 3 heteroatoms. The predicted octanol–water partition coefficient (Wildman–Crippen LogP) is 1.61. The molecule has 0 spiro atoms. The molecule has 0 bridgehead atoms. The number of nitriles is 1. The van der Waals surface area contributed by atoms with Crippen LogP contribution in [-0.4, -0.2) is 17.8 Å². The Kier molecular flexibility index (Phi) is 2.56. The summed E-state index contributed by atoms with van der Waals surface area (Å²) in [6, 6.07) is 2.25. The molecule has 1 aliphatic rings. The molecule has 0 radical (unpaired) electrons. The Balaban J connectivity index is 2.39. The van der Waals surface area contributed by atoms with Crippen LogP contribution < -0.4 is 0 Å². The summed E-state index contributed by atoms with van der Waals surface area (Å²) in [5.74, 6) is 1.23. The van der Waals surface area contributed by atoms with Crippen LogP contribution in [0.5, 0.6) is 0 Å². The normalized spacial score (nSPS) is 20.5. The summed E-state index contributed by atoms with van der Waals surface area (Å²) in [5.41, 5.74) is -0.278. The summed E-state index contributed by atoms with van der Waals surface area (Å²) < 4.78 is 0. The maximum Gasteiger partial charge on any atom is 0.136 e. The molecule has 0 aromatic heterocycles. The third-order valence-corrected chi connectivity index (χ3v) is 2.71. The fourth-order valence-corrected chi connectivity index (χ4v) is 1.91. The van der Waals surface area contributed by atoms with Crippen molar-refractivity contribution in [3.05, 3.63) is 0 Å². The number of carbonyl (C=O) groups is 1. The molecule has 11 heavy (non-hydrogen) atoms. The summed E-state index contributed by atoms with van der Waals surface area (Å²) in [6.45, 7) is 0. The molecule has 60 valence electrons. The van der Waals surface area contributed by atoms with Crippen LogP contribution in [0.2, 0.25) is 0 Å². The smallest absolute Gasteiger partial charge is 0.136 e. The molecule has 1 aliphatic carbocycles. The van der Waals surface area contributed by atoms with Gasteiger partial charge in [0.25, 0.3) is 0 Å². The van der Waals surface area contributed by atoms with Crippen LogP contribution in [0.25, 0.3) is 0 Å². The molecule has 0 heterocycles. The first kappa shape index (κ1) is 8.61. The highest BCUT2D eigenvalue weighted by molar-refractivity contribution is 7.98. The molecule has 0 saturated heterocycles. The average Bonchev–Trinajstić information content (AvgIpc) is 1.96. The molecule has 0 amide bonds. The van der Waals surface area contributed by atoms with Gasteiger partial charge >= 0.3 is 0 Å². The number of hydrogen-bond acceptors (Lipinski definition) is 3. The molecule has 0 N–H and O–H groups in total. The van der Waals surface area contributed by atoms with Crippen molar-refractivity contribution in [2.45, 2.75) is 19.3 Å². The second-order valence-electron chi connectivity index (χ2n) is 3.03. The van der Waals surface area contributed by atoms with Crippen LogP contribution in [0.4, 0.5) is 0 Å². The number of rotatable bonds is 3. The van der Waals surface area contributed by atoms with Crippen molar-refractivity contribution < 1.29 is 4.79 Å². The standard InChI is InChI=1S/C8H11NOS/c1-11-3-2-8(6-9)4-7(10)5-8/h2-5H2,1H3. The van der Waals surface area contributed by atoms with Crippen molar-refractivity contribution in [1.29, 1.82) is 5.26 Å². The third kappa shape index (κ3) is 1.75. The van der Waals surface area contributed by atoms with Gasteiger partial charge in [0.15, 0.2) is 0 Å². The summed E-state index contributed by atoms with van der Waals surface area (Å²) >= 11 is 1.73. The minimum atomic E-state index is -0.278. The molecule has 0 aliphatic heterocycles. The van der Waals surface area contributed by atoms with Gasteiger partial charge in [-0.3, -0.25) is 4.79 Å². The Morgan fingerprint density at radius 3 is 2.73 bits per heavy atom. The quantitative estimate of drug-likeness (QED) is 0.644. The zero-order valence-electron chi connectivity index (χ0n) is 6.59. The van der Waals surface area contributed by atoms with Crippen LogP contribution in [0.1, 0.15) is 19.3 Å². The number of ketones is 1. The Morgan fingerprint density at radius 1 is 1.73 bits per heavy atom. The van der Waals surface area contributed by atoms with E-state index < -0.39 is 0 Å². The Bertz CT molecular complexity index is 199. The van der Waals surface area contributed by atoms with Crippen molar-refractivity contribution in [2.24, 2.45) is 5.41 Å². The first-order chi connectivity index (χ1) is 5.22. The molecule has 1 saturated carbocycles. The van der Waals surface area contributed by atoms with Gasteiger partial charge in [-0.25, -0.2) is 0 Å². The van der Waals surface area contributed by atoms with Gasteiger partial charge < -0.3 is 0 Å². The van der Waals surface area contributed by atoms with Gasteiger partial charge in [-0.2, -0.15) is 17.0 Å². The largest absolute Gasteiger partial charge is 0.300 e. The van der Waals surface area contributed by atoms with E-state index in [0.29, 0.717) is 12.8 Å². The number of Topliss-reactive ketones (excluding diaryl/α,β-unsaturated/α-hetero) is 1. The van der Waals surface area contributed by atoms with E-state index in [1.807, 2.05) is 6.26 Å². The monoisotopic (exact) mass is 169 g/mol. The van der Waals surface area contributed by atoms with E-state index in [9.17, 15) is 4.79 Å². The van der Waals surface area contributed by atoms with E-state index in [-0.39, 0.29) is 11.2 Å². The zero-order valence-corrected chi connectivity index (χ0v) is 7.41. The number of hydrogen-bond donors (Lipinski definition) is 0. The molecule has 1 fully saturated rings. The first-order valence-corrected chi connectivity index (χ1v) is 5.04. The average molecular weight is 169 g/mol. The minimum absolute atomic E-state index is 0.243. The fraction of sp³-hybridized carbons (Fsp3) is 0.750. The highest BCUT2D eigenvalue weighted by Crippen LogP contribution is 2.41. The highest BCUT2D eigenvalue weighted by Gasteiger charge is 2.43. The van der Waals surface area contributed by atoms with Crippen molar-refractivity contribution in [3.63, 3.8) is 0 Å². The Labute approximate surface area is 71.0 Å². The molecule has 1 rings (SSSR count). The molecule has 0 unspecified atom stereocenters. The van der Waals surface area contributed by atoms with Gasteiger partial charge in [-0.1, -0.05) is 0 Å². The summed E-state index contributed by atoms with van der Waals surface area (Å²) in [4.78, 5) is 10.7. The van der Waals surface area contributed by atoms with Gasteiger partial charge in [-0.15, -0.1) is 0 Å². The maximum absolute atomic E-state index is 10.7. The van der Waals surface area contributed by atoms with Gasteiger partial charge in [0.1, 0.15) is 5.78 Å². The lowest BCUT2D eigenvalue weighted by Gasteiger charge is -2.33. The van der Waals surface area contributed by atoms with E-state index in [2.05, 4.69) is 6.07 Å². The van der Waals surface area contributed by atoms with Crippen molar-refractivity contribution >= 4 is 17.5 Å². The maximum atomic E-state index is 10.7. The molecular formula is C8H11NOS. The van der Waals surface area contributed by atoms with Crippen LogP contribution in [0, 0.1) is 16.7 Å². The lowest BCUT2D eigenvalue weighted by atomic mass is 9.67. The fourth-order valence-electron chi connectivity index (χ4n) is 1.31. The summed E-state index contributed by atoms with van der Waals surface area (Å²) in [6.07, 6.45) is 3.87. The number of carbonyl (C=O) groups excluding carboxylic acids is 1. The second-order valence-corrected chi connectivity index (χ2v) is 4.01. The van der Waals surface area contributed by atoms with Crippen LogP contribution in [0.3, 0.4) is 0 Å². The number of nitrogens with zero attached hydrogens (tertiary/aromatic N) is 1. The second kappa shape index (κ2) is 3.27.